The lowest BCUT2D eigenvalue weighted by molar-refractivity contribution is 1.16. The van der Waals surface area contributed by atoms with Crippen molar-refractivity contribution in [2.45, 2.75) is 0 Å². The summed E-state index contributed by atoms with van der Waals surface area (Å²) in [7, 11) is 0. The maximum absolute atomic E-state index is 2.44. The molecule has 3 aromatic heterocycles. The Morgan fingerprint density at radius 2 is 0.432 bits per heavy atom. The van der Waals surface area contributed by atoms with Gasteiger partial charge in [-0.25, -0.2) is 0 Å². The number of anilines is 3. The largest absolute Gasteiger partial charge is 0.310 e. The Kier molecular flexibility index (Phi) is 11.3. The van der Waals surface area contributed by atoms with E-state index < -0.39 is 0 Å². The average Bonchev–Trinajstić information content (AvgIpc) is 1.98. The zero-order valence-corrected chi connectivity index (χ0v) is 48.0. The fraction of sp³-hybridized carbons (Fsp3) is 0. The van der Waals surface area contributed by atoms with E-state index >= 15 is 0 Å². The fourth-order valence-corrected chi connectivity index (χ4v) is 14.4. The summed E-state index contributed by atoms with van der Waals surface area (Å²) in [5, 5.41) is 14.8. The maximum atomic E-state index is 2.44. The number of fused-ring (bicyclic) bond motifs is 12. The molecule has 4 nitrogen and oxygen atoms in total. The minimum absolute atomic E-state index is 1.05. The van der Waals surface area contributed by atoms with Crippen LogP contribution >= 0.6 is 0 Å². The van der Waals surface area contributed by atoms with Crippen molar-refractivity contribution in [1.29, 1.82) is 0 Å². The van der Waals surface area contributed by atoms with Crippen LogP contribution in [0.2, 0.25) is 0 Å². The fourth-order valence-electron chi connectivity index (χ4n) is 14.4. The van der Waals surface area contributed by atoms with E-state index in [1.807, 2.05) is 0 Å². The highest BCUT2D eigenvalue weighted by Gasteiger charge is 2.21. The summed E-state index contributed by atoms with van der Waals surface area (Å²) in [6.07, 6.45) is 0. The van der Waals surface area contributed by atoms with E-state index in [-0.39, 0.29) is 0 Å². The summed E-state index contributed by atoms with van der Waals surface area (Å²) in [6.45, 7) is 0. The lowest BCUT2D eigenvalue weighted by Crippen LogP contribution is -2.10. The van der Waals surface area contributed by atoms with Gasteiger partial charge in [0.15, 0.2) is 0 Å². The van der Waals surface area contributed by atoms with Gasteiger partial charge in [0.25, 0.3) is 0 Å². The number of para-hydroxylation sites is 3. The zero-order chi connectivity index (χ0) is 57.8. The van der Waals surface area contributed by atoms with Gasteiger partial charge in [-0.1, -0.05) is 218 Å². The van der Waals surface area contributed by atoms with Crippen molar-refractivity contribution in [2.75, 3.05) is 4.90 Å². The van der Waals surface area contributed by atoms with E-state index in [0.29, 0.717) is 0 Å². The van der Waals surface area contributed by atoms with Gasteiger partial charge in [0.1, 0.15) is 0 Å². The Morgan fingerprint density at radius 1 is 0.182 bits per heavy atom. The van der Waals surface area contributed by atoms with Gasteiger partial charge in [0.2, 0.25) is 0 Å². The first kappa shape index (κ1) is 49.7. The van der Waals surface area contributed by atoms with Gasteiger partial charge in [-0.2, -0.15) is 0 Å². The number of hydrogen-bond acceptors (Lipinski definition) is 1. The Morgan fingerprint density at radius 3 is 0.739 bits per heavy atom. The monoisotopic (exact) mass is 1120 g/mol. The van der Waals surface area contributed by atoms with Crippen LogP contribution in [-0.4, -0.2) is 13.7 Å². The van der Waals surface area contributed by atoms with Crippen molar-refractivity contribution in [3.63, 3.8) is 0 Å². The quantitative estimate of drug-likeness (QED) is 0.141. The highest BCUT2D eigenvalue weighted by Crippen LogP contribution is 2.43. The summed E-state index contributed by atoms with van der Waals surface area (Å²) in [6, 6.07) is 121. The molecule has 0 amide bonds. The molecule has 410 valence electrons. The second-order valence-electron chi connectivity index (χ2n) is 23.2. The Bertz CT molecular complexity index is 5210. The molecule has 0 aliphatic carbocycles. The van der Waals surface area contributed by atoms with Gasteiger partial charge in [0, 0.05) is 66.4 Å². The molecule has 0 bridgehead atoms. The van der Waals surface area contributed by atoms with Crippen molar-refractivity contribution in [3.8, 4) is 50.4 Å². The smallest absolute Gasteiger partial charge is 0.0547 e. The van der Waals surface area contributed by atoms with Gasteiger partial charge >= 0.3 is 0 Å². The molecule has 15 aromatic carbocycles. The molecular weight excluding hydrogens is 1060 g/mol. The lowest BCUT2D eigenvalue weighted by Gasteiger charge is -2.26. The summed E-state index contributed by atoms with van der Waals surface area (Å²) in [5.74, 6) is 0. The normalized spacial score (nSPS) is 11.9. The molecule has 18 aromatic rings. The molecule has 18 rings (SSSR count). The van der Waals surface area contributed by atoms with Crippen LogP contribution in [0.25, 0.3) is 148 Å². The van der Waals surface area contributed by atoms with E-state index in [1.54, 1.807) is 0 Å². The molecule has 4 heteroatoms. The van der Waals surface area contributed by atoms with Crippen LogP contribution in [0.3, 0.4) is 0 Å². The highest BCUT2D eigenvalue weighted by atomic mass is 15.1. The van der Waals surface area contributed by atoms with Crippen LogP contribution in [0, 0.1) is 0 Å². The van der Waals surface area contributed by atoms with Gasteiger partial charge < -0.3 is 18.6 Å². The van der Waals surface area contributed by atoms with E-state index in [4.69, 9.17) is 0 Å². The zero-order valence-electron chi connectivity index (χ0n) is 48.0. The molecule has 0 unspecified atom stereocenters. The van der Waals surface area contributed by atoms with Crippen molar-refractivity contribution >= 4 is 115 Å². The first-order chi connectivity index (χ1) is 43.6. The topological polar surface area (TPSA) is 18.0 Å². The maximum Gasteiger partial charge on any atom is 0.0547 e. The summed E-state index contributed by atoms with van der Waals surface area (Å²) in [5.41, 5.74) is 20.7. The number of hydrogen-bond donors (Lipinski definition) is 0. The molecule has 0 atom stereocenters. The van der Waals surface area contributed by atoms with Crippen molar-refractivity contribution in [2.24, 2.45) is 0 Å². The van der Waals surface area contributed by atoms with Crippen LogP contribution in [-0.2, 0) is 0 Å². The van der Waals surface area contributed by atoms with Crippen LogP contribution < -0.4 is 4.90 Å². The van der Waals surface area contributed by atoms with Gasteiger partial charge in [-0.3, -0.25) is 0 Å². The molecular formula is C84H54N4. The van der Waals surface area contributed by atoms with E-state index in [9.17, 15) is 0 Å². The molecule has 0 fully saturated rings. The minimum atomic E-state index is 1.05. The Hall–Kier alpha value is -11.7. The lowest BCUT2D eigenvalue weighted by atomic mass is 9.97. The second-order valence-corrected chi connectivity index (χ2v) is 23.2. The number of rotatable bonds is 9. The predicted molar refractivity (Wildman–Crippen MR) is 373 cm³/mol. The first-order valence-corrected chi connectivity index (χ1v) is 30.3. The summed E-state index contributed by atoms with van der Waals surface area (Å²) in [4.78, 5) is 2.40. The molecule has 0 radical (unpaired) electrons. The SMILES string of the molecule is c1ccc2c(-c3ccc4c5ccccc5n(-c5ccc(N(c6ccc(-n7c8ccccc8c8ccc(-c9cccc%10ccccc9%10)cc87)cc6)c6ccc(-n7c8ccccc8c8ccc(-c9cccc%10ccccc9%10)cc87)cc6)cc5)c4c3)cccc2c1. The molecule has 0 aliphatic rings. The predicted octanol–water partition coefficient (Wildman–Crippen LogP) is 22.9. The van der Waals surface area contributed by atoms with E-state index in [2.05, 4.69) is 346 Å². The molecule has 0 spiro atoms. The second kappa shape index (κ2) is 20.0. The number of nitrogens with zero attached hydrogens (tertiary/aromatic N) is 4. The van der Waals surface area contributed by atoms with Crippen molar-refractivity contribution < 1.29 is 0 Å². The Labute approximate surface area is 508 Å². The Balaban J connectivity index is 0.783. The standard InChI is InChI=1S/C84H54N4/c1-4-22-67-55(16-1)19-13-28-70(67)58-34-49-76-73-25-7-10-31-79(73)86(82(76)52-58)64-43-37-61(38-44-64)85(62-39-45-65(46-40-62)87-80-32-11-8-26-74(80)77-50-35-59(53-83(77)87)71-29-14-20-56-17-2-5-23-68(56)71)63-41-47-66(48-42-63)88-81-33-12-9-27-75(81)78-51-36-60(54-84(78)88)72-30-15-21-57-18-3-6-24-69(57)72/h1-54H. The molecule has 88 heavy (non-hydrogen) atoms. The minimum Gasteiger partial charge on any atom is -0.310 e. The van der Waals surface area contributed by atoms with Crippen molar-refractivity contribution in [3.05, 3.63) is 328 Å². The third kappa shape index (κ3) is 7.86. The summed E-state index contributed by atoms with van der Waals surface area (Å²) >= 11 is 0. The van der Waals surface area contributed by atoms with Gasteiger partial charge in [-0.05, 0) is 175 Å². The van der Waals surface area contributed by atoms with Crippen LogP contribution in [0.5, 0.6) is 0 Å². The molecule has 3 heterocycles. The van der Waals surface area contributed by atoms with Crippen LogP contribution in [0.1, 0.15) is 0 Å². The first-order valence-electron chi connectivity index (χ1n) is 30.3. The third-order valence-electron chi connectivity index (χ3n) is 18.4. The van der Waals surface area contributed by atoms with E-state index in [1.165, 1.54) is 131 Å². The highest BCUT2D eigenvalue weighted by molar-refractivity contribution is 6.14. The van der Waals surface area contributed by atoms with Gasteiger partial charge in [-0.15, -0.1) is 0 Å². The van der Waals surface area contributed by atoms with Crippen molar-refractivity contribution in [1.82, 2.24) is 13.7 Å². The average molecular weight is 1120 g/mol. The molecule has 0 aliphatic heterocycles. The molecule has 0 saturated heterocycles. The molecule has 0 saturated carbocycles. The summed E-state index contributed by atoms with van der Waals surface area (Å²) < 4.78 is 7.31. The third-order valence-corrected chi connectivity index (χ3v) is 18.4. The van der Waals surface area contributed by atoms with Gasteiger partial charge in [0.05, 0.1) is 33.1 Å². The van der Waals surface area contributed by atoms with Crippen LogP contribution in [0.4, 0.5) is 17.1 Å². The molecule has 0 N–H and O–H groups in total. The number of aromatic nitrogens is 3. The van der Waals surface area contributed by atoms with E-state index in [0.717, 1.165) is 34.1 Å². The van der Waals surface area contributed by atoms with Crippen LogP contribution in [0.15, 0.2) is 328 Å². The number of benzene rings is 15.